The number of halogens is 2. The molecule has 1 aromatic heterocycles. The molecule has 0 N–H and O–H groups in total. The monoisotopic (exact) mass is 375 g/mol. The van der Waals surface area contributed by atoms with Gasteiger partial charge in [-0.2, -0.15) is 0 Å². The fraction of sp³-hybridized carbons (Fsp3) is 0.0909. The molecule has 18 heavy (non-hydrogen) atoms. The van der Waals surface area contributed by atoms with Crippen molar-refractivity contribution >= 4 is 39.9 Å². The maximum absolute atomic E-state index is 10.7. The van der Waals surface area contributed by atoms with E-state index in [-0.39, 0.29) is 5.69 Å². The van der Waals surface area contributed by atoms with E-state index in [2.05, 4.69) is 32.6 Å². The van der Waals surface area contributed by atoms with Crippen molar-refractivity contribution in [2.24, 2.45) is 0 Å². The highest BCUT2D eigenvalue weighted by atomic mass is 127. The van der Waals surface area contributed by atoms with E-state index in [1.807, 2.05) is 6.92 Å². The fourth-order valence-corrected chi connectivity index (χ4v) is 1.87. The molecule has 1 heterocycles. The summed E-state index contributed by atoms with van der Waals surface area (Å²) < 4.78 is 0.781. The number of aryl methyl sites for hydroxylation is 1. The predicted molar refractivity (Wildman–Crippen MR) is 76.6 cm³/mol. The average molecular weight is 376 g/mol. The predicted octanol–water partition coefficient (Wildman–Crippen LogP) is 3.62. The molecule has 2 rings (SSSR count). The highest BCUT2D eigenvalue weighted by molar-refractivity contribution is 14.1. The molecule has 0 unspecified atom stereocenters. The van der Waals surface area contributed by atoms with Crippen molar-refractivity contribution < 1.29 is 4.92 Å². The van der Waals surface area contributed by atoms with Gasteiger partial charge in [0.05, 0.1) is 14.2 Å². The van der Waals surface area contributed by atoms with E-state index < -0.39 is 4.92 Å². The van der Waals surface area contributed by atoms with E-state index in [1.54, 1.807) is 12.1 Å². The van der Waals surface area contributed by atoms with E-state index in [9.17, 15) is 10.1 Å². The van der Waals surface area contributed by atoms with Crippen LogP contribution >= 0.6 is 34.2 Å². The zero-order chi connectivity index (χ0) is 13.3. The van der Waals surface area contributed by atoms with E-state index in [0.29, 0.717) is 16.5 Å². The van der Waals surface area contributed by atoms with Gasteiger partial charge in [0.1, 0.15) is 5.15 Å². The van der Waals surface area contributed by atoms with Crippen LogP contribution in [0.15, 0.2) is 24.3 Å². The third kappa shape index (κ3) is 2.59. The van der Waals surface area contributed by atoms with E-state index in [1.165, 1.54) is 12.1 Å². The standard InChI is InChI=1S/C11H7ClIN3O2/c1-6-9(13)10(12)15-11(14-6)7-3-2-4-8(5-7)16(17)18/h2-5H,1H3. The summed E-state index contributed by atoms with van der Waals surface area (Å²) in [6.45, 7) is 1.82. The Balaban J connectivity index is 2.55. The minimum absolute atomic E-state index is 0.00317. The van der Waals surface area contributed by atoms with Crippen LogP contribution in [0.25, 0.3) is 11.4 Å². The lowest BCUT2D eigenvalue weighted by atomic mass is 10.2. The first-order valence-electron chi connectivity index (χ1n) is 4.93. The molecule has 0 saturated carbocycles. The Morgan fingerprint density at radius 1 is 1.39 bits per heavy atom. The molecule has 0 amide bonds. The van der Waals surface area contributed by atoms with E-state index in [4.69, 9.17) is 11.6 Å². The number of aromatic nitrogens is 2. The number of benzene rings is 1. The first-order valence-corrected chi connectivity index (χ1v) is 6.39. The van der Waals surface area contributed by atoms with Gasteiger partial charge in [-0.05, 0) is 29.5 Å². The topological polar surface area (TPSA) is 68.9 Å². The van der Waals surface area contributed by atoms with Gasteiger partial charge in [0.25, 0.3) is 5.69 Å². The Morgan fingerprint density at radius 2 is 2.11 bits per heavy atom. The van der Waals surface area contributed by atoms with Gasteiger partial charge < -0.3 is 0 Å². The van der Waals surface area contributed by atoms with Gasteiger partial charge in [0.15, 0.2) is 5.82 Å². The first kappa shape index (κ1) is 13.2. The van der Waals surface area contributed by atoms with E-state index in [0.717, 1.165) is 9.26 Å². The maximum Gasteiger partial charge on any atom is 0.270 e. The van der Waals surface area contributed by atoms with Crippen LogP contribution in [0.1, 0.15) is 5.69 Å². The number of rotatable bonds is 2. The van der Waals surface area contributed by atoms with Gasteiger partial charge in [-0.25, -0.2) is 9.97 Å². The quantitative estimate of drug-likeness (QED) is 0.348. The lowest BCUT2D eigenvalue weighted by Gasteiger charge is -2.04. The number of hydrogen-bond donors (Lipinski definition) is 0. The van der Waals surface area contributed by atoms with Crippen molar-refractivity contribution in [1.82, 2.24) is 9.97 Å². The number of nitro benzene ring substituents is 1. The molecule has 0 aliphatic carbocycles. The Labute approximate surface area is 122 Å². The zero-order valence-electron chi connectivity index (χ0n) is 9.22. The summed E-state index contributed by atoms with van der Waals surface area (Å²) in [6, 6.07) is 6.16. The summed E-state index contributed by atoms with van der Waals surface area (Å²) in [5.74, 6) is 0.390. The normalized spacial score (nSPS) is 10.4. The molecule has 0 fully saturated rings. The van der Waals surface area contributed by atoms with Crippen LogP contribution in [0.3, 0.4) is 0 Å². The molecule has 0 bridgehead atoms. The van der Waals surface area contributed by atoms with Gasteiger partial charge in [-0.15, -0.1) is 0 Å². The highest BCUT2D eigenvalue weighted by Crippen LogP contribution is 2.25. The summed E-state index contributed by atoms with van der Waals surface area (Å²) in [5.41, 5.74) is 1.33. The van der Waals surface area contributed by atoms with Crippen LogP contribution in [-0.2, 0) is 0 Å². The fourth-order valence-electron chi connectivity index (χ4n) is 1.41. The molecular formula is C11H7ClIN3O2. The Hall–Kier alpha value is -1.28. The molecule has 5 nitrogen and oxygen atoms in total. The van der Waals surface area contributed by atoms with Crippen molar-refractivity contribution in [2.45, 2.75) is 6.92 Å². The lowest BCUT2D eigenvalue weighted by Crippen LogP contribution is -1.97. The molecule has 0 saturated heterocycles. The molecule has 0 radical (unpaired) electrons. The van der Waals surface area contributed by atoms with Crippen LogP contribution < -0.4 is 0 Å². The molecule has 0 atom stereocenters. The van der Waals surface area contributed by atoms with E-state index >= 15 is 0 Å². The van der Waals surface area contributed by atoms with Crippen molar-refractivity contribution in [3.63, 3.8) is 0 Å². The minimum Gasteiger partial charge on any atom is -0.258 e. The Kier molecular flexibility index (Phi) is 3.76. The van der Waals surface area contributed by atoms with Crippen molar-refractivity contribution in [3.8, 4) is 11.4 Å². The molecule has 0 aliphatic rings. The van der Waals surface area contributed by atoms with Crippen molar-refractivity contribution in [2.75, 3.05) is 0 Å². The third-order valence-corrected chi connectivity index (χ3v) is 4.18. The van der Waals surface area contributed by atoms with Crippen molar-refractivity contribution in [1.29, 1.82) is 0 Å². The minimum atomic E-state index is -0.454. The lowest BCUT2D eigenvalue weighted by molar-refractivity contribution is -0.384. The molecule has 0 spiro atoms. The number of nitro groups is 1. The molecule has 2 aromatic rings. The molecule has 7 heteroatoms. The summed E-state index contributed by atoms with van der Waals surface area (Å²) in [5, 5.41) is 11.1. The van der Waals surface area contributed by atoms with Gasteiger partial charge in [0, 0.05) is 17.7 Å². The number of nitrogens with zero attached hydrogens (tertiary/aromatic N) is 3. The molecule has 0 aliphatic heterocycles. The zero-order valence-corrected chi connectivity index (χ0v) is 12.1. The molecule has 92 valence electrons. The van der Waals surface area contributed by atoms with Gasteiger partial charge in [-0.3, -0.25) is 10.1 Å². The average Bonchev–Trinajstić information content (AvgIpc) is 2.35. The number of hydrogen-bond acceptors (Lipinski definition) is 4. The van der Waals surface area contributed by atoms with Crippen molar-refractivity contribution in [3.05, 3.63) is 48.8 Å². The van der Waals surface area contributed by atoms with Gasteiger partial charge in [-0.1, -0.05) is 23.7 Å². The molecule has 1 aromatic carbocycles. The van der Waals surface area contributed by atoms with Gasteiger partial charge in [0.2, 0.25) is 0 Å². The third-order valence-electron chi connectivity index (χ3n) is 2.29. The SMILES string of the molecule is Cc1nc(-c2cccc([N+](=O)[O-])c2)nc(Cl)c1I. The first-order chi connectivity index (χ1) is 8.49. The maximum atomic E-state index is 10.7. The summed E-state index contributed by atoms with van der Waals surface area (Å²) in [4.78, 5) is 18.7. The summed E-state index contributed by atoms with van der Waals surface area (Å²) in [6.07, 6.45) is 0. The second-order valence-corrected chi connectivity index (χ2v) is 4.98. The van der Waals surface area contributed by atoms with Crippen LogP contribution in [0.5, 0.6) is 0 Å². The smallest absolute Gasteiger partial charge is 0.258 e. The summed E-state index contributed by atoms with van der Waals surface area (Å²) in [7, 11) is 0. The largest absolute Gasteiger partial charge is 0.270 e. The van der Waals surface area contributed by atoms with Crippen LogP contribution in [0, 0.1) is 20.6 Å². The second-order valence-electron chi connectivity index (χ2n) is 3.54. The van der Waals surface area contributed by atoms with Gasteiger partial charge >= 0.3 is 0 Å². The highest BCUT2D eigenvalue weighted by Gasteiger charge is 2.12. The molecular weight excluding hydrogens is 368 g/mol. The summed E-state index contributed by atoms with van der Waals surface area (Å²) >= 11 is 8.04. The van der Waals surface area contributed by atoms with Crippen LogP contribution in [0.4, 0.5) is 5.69 Å². The second kappa shape index (κ2) is 5.15. The Morgan fingerprint density at radius 3 is 2.72 bits per heavy atom. The van der Waals surface area contributed by atoms with Crippen LogP contribution in [0.2, 0.25) is 5.15 Å². The van der Waals surface area contributed by atoms with Crippen LogP contribution in [-0.4, -0.2) is 14.9 Å². The number of non-ortho nitro benzene ring substituents is 1. The Bertz CT molecular complexity index is 610.